The molecule has 1 aromatic heterocycles. The van der Waals surface area contributed by atoms with Crippen molar-refractivity contribution in [3.63, 3.8) is 0 Å². The van der Waals surface area contributed by atoms with Crippen molar-refractivity contribution in [1.29, 1.82) is 0 Å². The highest BCUT2D eigenvalue weighted by atomic mass is 35.5. The summed E-state index contributed by atoms with van der Waals surface area (Å²) in [4.78, 5) is 7.92. The molecule has 5 heteroatoms. The van der Waals surface area contributed by atoms with Gasteiger partial charge in [0, 0.05) is 30.8 Å². The van der Waals surface area contributed by atoms with E-state index in [2.05, 4.69) is 103 Å². The molecule has 2 unspecified atom stereocenters. The zero-order valence-corrected chi connectivity index (χ0v) is 24.1. The van der Waals surface area contributed by atoms with E-state index < -0.39 is 0 Å². The van der Waals surface area contributed by atoms with Crippen LogP contribution in [0.15, 0.2) is 83.6 Å². The number of imidazole rings is 1. The van der Waals surface area contributed by atoms with E-state index in [0.717, 1.165) is 74.2 Å². The van der Waals surface area contributed by atoms with E-state index in [1.54, 1.807) is 7.11 Å². The summed E-state index contributed by atoms with van der Waals surface area (Å²) in [5, 5.41) is 0.718. The largest absolute Gasteiger partial charge is 0.496 e. The molecule has 0 amide bonds. The summed E-state index contributed by atoms with van der Waals surface area (Å²) in [7, 11) is 1.69. The van der Waals surface area contributed by atoms with Crippen molar-refractivity contribution in [3.05, 3.63) is 89.3 Å². The van der Waals surface area contributed by atoms with Crippen LogP contribution in [0.3, 0.4) is 0 Å². The molecule has 0 radical (unpaired) electrons. The fraction of sp³-hybridized carbons (Fsp3) is 0.424. The highest BCUT2D eigenvalue weighted by molar-refractivity contribution is 6.31. The lowest BCUT2D eigenvalue weighted by Crippen LogP contribution is -2.33. The SMILES string of the molecule is CCCCN(Cc1c(-c2ccccc2)nc(-c2ccccc2)n1CCCC)CC1C=C(Cl)C(OC)=CC1C. The van der Waals surface area contributed by atoms with Crippen molar-refractivity contribution in [3.8, 4) is 22.6 Å². The molecule has 38 heavy (non-hydrogen) atoms. The quantitative estimate of drug-likeness (QED) is 0.221. The number of allylic oxidation sites excluding steroid dienone is 2. The smallest absolute Gasteiger partial charge is 0.140 e. The molecule has 4 nitrogen and oxygen atoms in total. The lowest BCUT2D eigenvalue weighted by Gasteiger charge is -2.31. The van der Waals surface area contributed by atoms with E-state index in [-0.39, 0.29) is 0 Å². The molecular formula is C33H42ClN3O. The molecular weight excluding hydrogens is 490 g/mol. The van der Waals surface area contributed by atoms with Gasteiger partial charge in [-0.1, -0.05) is 112 Å². The number of unbranched alkanes of at least 4 members (excludes halogenated alkanes) is 2. The van der Waals surface area contributed by atoms with Crippen LogP contribution in [0, 0.1) is 11.8 Å². The van der Waals surface area contributed by atoms with Crippen molar-refractivity contribution in [2.24, 2.45) is 11.8 Å². The Balaban J connectivity index is 1.75. The third-order valence-corrected chi connectivity index (χ3v) is 7.77. The van der Waals surface area contributed by atoms with Crippen LogP contribution in [-0.2, 0) is 17.8 Å². The molecule has 2 aromatic carbocycles. The zero-order chi connectivity index (χ0) is 26.9. The van der Waals surface area contributed by atoms with E-state index in [0.29, 0.717) is 11.8 Å². The number of hydrogen-bond donors (Lipinski definition) is 0. The van der Waals surface area contributed by atoms with Gasteiger partial charge in [-0.25, -0.2) is 4.98 Å². The number of nitrogens with zero attached hydrogens (tertiary/aromatic N) is 3. The minimum absolute atomic E-state index is 0.332. The first-order valence-corrected chi connectivity index (χ1v) is 14.5. The van der Waals surface area contributed by atoms with Gasteiger partial charge in [0.25, 0.3) is 0 Å². The van der Waals surface area contributed by atoms with Crippen molar-refractivity contribution >= 4 is 11.6 Å². The number of ether oxygens (including phenoxy) is 1. The molecule has 1 aliphatic carbocycles. The fourth-order valence-electron chi connectivity index (χ4n) is 5.21. The summed E-state index contributed by atoms with van der Waals surface area (Å²) in [6.07, 6.45) is 8.94. The Kier molecular flexibility index (Phi) is 10.3. The molecule has 202 valence electrons. The topological polar surface area (TPSA) is 30.3 Å². The predicted octanol–water partition coefficient (Wildman–Crippen LogP) is 8.54. The van der Waals surface area contributed by atoms with Crippen LogP contribution >= 0.6 is 11.6 Å². The number of rotatable bonds is 13. The second-order valence-electron chi connectivity index (χ2n) is 10.3. The molecule has 3 aromatic rings. The second kappa shape index (κ2) is 13.8. The van der Waals surface area contributed by atoms with Gasteiger partial charge in [-0.3, -0.25) is 4.90 Å². The van der Waals surface area contributed by atoms with Gasteiger partial charge >= 0.3 is 0 Å². The third-order valence-electron chi connectivity index (χ3n) is 7.46. The van der Waals surface area contributed by atoms with Crippen molar-refractivity contribution in [2.75, 3.05) is 20.2 Å². The Hall–Kier alpha value is -2.82. The van der Waals surface area contributed by atoms with Gasteiger partial charge in [-0.15, -0.1) is 0 Å². The van der Waals surface area contributed by atoms with Crippen molar-refractivity contribution in [2.45, 2.75) is 59.5 Å². The van der Waals surface area contributed by atoms with E-state index in [1.165, 1.54) is 16.8 Å². The lowest BCUT2D eigenvalue weighted by molar-refractivity contribution is 0.210. The maximum absolute atomic E-state index is 6.58. The van der Waals surface area contributed by atoms with Crippen LogP contribution in [0.25, 0.3) is 22.6 Å². The Morgan fingerprint density at radius 2 is 1.58 bits per heavy atom. The molecule has 0 saturated carbocycles. The van der Waals surface area contributed by atoms with Crippen molar-refractivity contribution in [1.82, 2.24) is 14.5 Å². The summed E-state index contributed by atoms with van der Waals surface area (Å²) < 4.78 is 7.97. The first-order valence-electron chi connectivity index (χ1n) is 14.1. The van der Waals surface area contributed by atoms with Gasteiger partial charge in [0.1, 0.15) is 11.6 Å². The first-order chi connectivity index (χ1) is 18.5. The second-order valence-corrected chi connectivity index (χ2v) is 10.7. The normalized spacial score (nSPS) is 17.4. The molecule has 2 atom stereocenters. The Labute approximate surface area is 234 Å². The standard InChI is InChI=1S/C33H42ClN3O/c1-5-7-19-36(23-28-22-29(34)31(38-4)21-25(28)3)24-30-32(26-15-11-9-12-16-26)35-33(37(30)20-8-6-2)27-17-13-10-14-18-27/h9-18,21-22,25,28H,5-8,19-20,23-24H2,1-4H3. The average Bonchev–Trinajstić information content (AvgIpc) is 3.30. The summed E-state index contributed by atoms with van der Waals surface area (Å²) >= 11 is 6.58. The van der Waals surface area contributed by atoms with Gasteiger partial charge in [-0.05, 0) is 37.3 Å². The maximum Gasteiger partial charge on any atom is 0.140 e. The van der Waals surface area contributed by atoms with Gasteiger partial charge in [0.05, 0.1) is 23.5 Å². The molecule has 1 heterocycles. The number of halogens is 1. The molecule has 0 saturated heterocycles. The molecule has 4 rings (SSSR count). The van der Waals surface area contributed by atoms with Crippen LogP contribution in [0.5, 0.6) is 0 Å². The molecule has 0 aliphatic heterocycles. The van der Waals surface area contributed by atoms with Crippen LogP contribution < -0.4 is 0 Å². The Morgan fingerprint density at radius 3 is 2.21 bits per heavy atom. The minimum Gasteiger partial charge on any atom is -0.496 e. The molecule has 0 spiro atoms. The molecule has 0 N–H and O–H groups in total. The molecule has 0 bridgehead atoms. The maximum atomic E-state index is 6.58. The number of hydrogen-bond acceptors (Lipinski definition) is 3. The predicted molar refractivity (Wildman–Crippen MR) is 160 cm³/mol. The zero-order valence-electron chi connectivity index (χ0n) is 23.4. The van der Waals surface area contributed by atoms with Crippen LogP contribution in [-0.4, -0.2) is 34.7 Å². The average molecular weight is 532 g/mol. The van der Waals surface area contributed by atoms with E-state index in [9.17, 15) is 0 Å². The van der Waals surface area contributed by atoms with E-state index >= 15 is 0 Å². The lowest BCUT2D eigenvalue weighted by atomic mass is 9.88. The van der Waals surface area contributed by atoms with Gasteiger partial charge in [0.2, 0.25) is 0 Å². The summed E-state index contributed by atoms with van der Waals surface area (Å²) in [6.45, 7) is 10.6. The molecule has 1 aliphatic rings. The highest BCUT2D eigenvalue weighted by Gasteiger charge is 2.26. The summed E-state index contributed by atoms with van der Waals surface area (Å²) in [6, 6.07) is 21.3. The fourth-order valence-corrected chi connectivity index (χ4v) is 5.52. The molecule has 0 fully saturated rings. The number of benzene rings is 2. The van der Waals surface area contributed by atoms with Gasteiger partial charge < -0.3 is 9.30 Å². The highest BCUT2D eigenvalue weighted by Crippen LogP contribution is 2.34. The van der Waals surface area contributed by atoms with Crippen LogP contribution in [0.2, 0.25) is 0 Å². The number of methoxy groups -OCH3 is 1. The van der Waals surface area contributed by atoms with Crippen LogP contribution in [0.4, 0.5) is 0 Å². The third kappa shape index (κ3) is 6.78. The monoisotopic (exact) mass is 531 g/mol. The summed E-state index contributed by atoms with van der Waals surface area (Å²) in [5.41, 5.74) is 4.73. The van der Waals surface area contributed by atoms with Gasteiger partial charge in [-0.2, -0.15) is 0 Å². The van der Waals surface area contributed by atoms with Crippen LogP contribution in [0.1, 0.15) is 52.1 Å². The first kappa shape index (κ1) is 28.2. The van der Waals surface area contributed by atoms with Crippen molar-refractivity contribution < 1.29 is 4.74 Å². The van der Waals surface area contributed by atoms with E-state index in [1.807, 2.05) is 0 Å². The Morgan fingerprint density at radius 1 is 0.921 bits per heavy atom. The summed E-state index contributed by atoms with van der Waals surface area (Å²) in [5.74, 6) is 2.53. The van der Waals surface area contributed by atoms with E-state index in [4.69, 9.17) is 21.3 Å². The minimum atomic E-state index is 0.332. The Bertz CT molecular complexity index is 1220. The number of aromatic nitrogens is 2. The van der Waals surface area contributed by atoms with Gasteiger partial charge in [0.15, 0.2) is 0 Å².